The Labute approximate surface area is 192 Å². The fourth-order valence-electron chi connectivity index (χ4n) is 4.33. The Morgan fingerprint density at radius 1 is 1.09 bits per heavy atom. The predicted octanol–water partition coefficient (Wildman–Crippen LogP) is 1.72. The molecular formula is C25H30N4O4. The molecule has 1 amide bonds. The van der Waals surface area contributed by atoms with Gasteiger partial charge in [0.15, 0.2) is 0 Å². The third-order valence-corrected chi connectivity index (χ3v) is 5.96. The molecule has 0 bridgehead atoms. The predicted molar refractivity (Wildman–Crippen MR) is 127 cm³/mol. The largest absolute Gasteiger partial charge is 0.376 e. The number of ether oxygens (including phenoxy) is 1. The van der Waals surface area contributed by atoms with Crippen LogP contribution in [0, 0.1) is 0 Å². The van der Waals surface area contributed by atoms with E-state index in [0.29, 0.717) is 17.4 Å². The van der Waals surface area contributed by atoms with Crippen LogP contribution >= 0.6 is 0 Å². The van der Waals surface area contributed by atoms with E-state index in [2.05, 4.69) is 29.3 Å². The number of morpholine rings is 1. The Kier molecular flexibility index (Phi) is 7.05. The Balaban J connectivity index is 1.45. The van der Waals surface area contributed by atoms with Gasteiger partial charge in [0, 0.05) is 32.7 Å². The van der Waals surface area contributed by atoms with Crippen molar-refractivity contribution in [1.82, 2.24) is 19.4 Å². The van der Waals surface area contributed by atoms with Gasteiger partial charge < -0.3 is 10.1 Å². The molecule has 1 aliphatic heterocycles. The third-order valence-electron chi connectivity index (χ3n) is 5.96. The summed E-state index contributed by atoms with van der Waals surface area (Å²) >= 11 is 0. The molecule has 0 aliphatic carbocycles. The summed E-state index contributed by atoms with van der Waals surface area (Å²) in [6, 6.07) is 15.0. The first-order valence-electron chi connectivity index (χ1n) is 11.4. The summed E-state index contributed by atoms with van der Waals surface area (Å²) in [7, 11) is 0. The van der Waals surface area contributed by atoms with Crippen LogP contribution in [0.4, 0.5) is 0 Å². The van der Waals surface area contributed by atoms with Crippen molar-refractivity contribution in [1.29, 1.82) is 0 Å². The van der Waals surface area contributed by atoms with Crippen molar-refractivity contribution < 1.29 is 9.53 Å². The summed E-state index contributed by atoms with van der Waals surface area (Å²) in [5.74, 6) is -0.282. The molecule has 8 heteroatoms. The fraction of sp³-hybridized carbons (Fsp3) is 0.400. The van der Waals surface area contributed by atoms with Gasteiger partial charge in [-0.25, -0.2) is 4.79 Å². The highest BCUT2D eigenvalue weighted by Gasteiger charge is 2.17. The van der Waals surface area contributed by atoms with E-state index in [0.717, 1.165) is 36.4 Å². The molecule has 1 unspecified atom stereocenters. The van der Waals surface area contributed by atoms with Gasteiger partial charge in [0.25, 0.3) is 5.56 Å². The molecule has 4 rings (SSSR count). The Bertz CT molecular complexity index is 1260. The van der Waals surface area contributed by atoms with Gasteiger partial charge in [-0.15, -0.1) is 0 Å². The summed E-state index contributed by atoms with van der Waals surface area (Å²) in [5.41, 5.74) is 1.85. The molecule has 1 aliphatic rings. The van der Waals surface area contributed by atoms with Crippen molar-refractivity contribution in [2.45, 2.75) is 46.1 Å². The zero-order chi connectivity index (χ0) is 23.4. The van der Waals surface area contributed by atoms with E-state index in [-0.39, 0.29) is 30.7 Å². The first-order valence-corrected chi connectivity index (χ1v) is 11.4. The Hall–Kier alpha value is -3.23. The molecule has 3 aromatic rings. The fourth-order valence-corrected chi connectivity index (χ4v) is 4.33. The lowest BCUT2D eigenvalue weighted by Gasteiger charge is -2.31. The second-order valence-electron chi connectivity index (χ2n) is 8.45. The zero-order valence-electron chi connectivity index (χ0n) is 19.1. The minimum atomic E-state index is -0.474. The molecular weight excluding hydrogens is 420 g/mol. The molecule has 1 fully saturated rings. The molecule has 0 saturated carbocycles. The van der Waals surface area contributed by atoms with Crippen molar-refractivity contribution in [2.75, 3.05) is 19.7 Å². The monoisotopic (exact) mass is 450 g/mol. The summed E-state index contributed by atoms with van der Waals surface area (Å²) in [6.45, 7) is 7.70. The summed E-state index contributed by atoms with van der Waals surface area (Å²) in [4.78, 5) is 40.5. The number of amides is 1. The Morgan fingerprint density at radius 3 is 2.67 bits per heavy atom. The number of hydrogen-bond acceptors (Lipinski definition) is 5. The topological polar surface area (TPSA) is 85.6 Å². The number of carbonyl (C=O) groups excluding carboxylic acids is 1. The van der Waals surface area contributed by atoms with Gasteiger partial charge in [-0.05, 0) is 37.1 Å². The number of nitrogens with zero attached hydrogens (tertiary/aromatic N) is 3. The van der Waals surface area contributed by atoms with E-state index in [4.69, 9.17) is 4.74 Å². The van der Waals surface area contributed by atoms with Crippen molar-refractivity contribution in [3.8, 4) is 0 Å². The lowest BCUT2D eigenvalue weighted by molar-refractivity contribution is -0.121. The molecule has 2 aromatic carbocycles. The number of rotatable bonds is 7. The maximum atomic E-state index is 12.8. The molecule has 1 aromatic heterocycles. The molecule has 1 saturated heterocycles. The molecule has 8 nitrogen and oxygen atoms in total. The minimum Gasteiger partial charge on any atom is -0.376 e. The van der Waals surface area contributed by atoms with E-state index >= 15 is 0 Å². The van der Waals surface area contributed by atoms with Gasteiger partial charge in [-0.1, -0.05) is 36.4 Å². The quantitative estimate of drug-likeness (QED) is 0.593. The van der Waals surface area contributed by atoms with Crippen LogP contribution in [-0.4, -0.2) is 45.7 Å². The van der Waals surface area contributed by atoms with Crippen LogP contribution < -0.4 is 16.6 Å². The van der Waals surface area contributed by atoms with E-state index in [1.54, 1.807) is 31.2 Å². The van der Waals surface area contributed by atoms with Crippen LogP contribution in [0.3, 0.4) is 0 Å². The average Bonchev–Trinajstić information content (AvgIpc) is 2.81. The first kappa shape index (κ1) is 22.9. The summed E-state index contributed by atoms with van der Waals surface area (Å²) < 4.78 is 8.13. The van der Waals surface area contributed by atoms with Gasteiger partial charge in [0.2, 0.25) is 5.91 Å². The van der Waals surface area contributed by atoms with Crippen LogP contribution in [0.15, 0.2) is 58.1 Å². The second kappa shape index (κ2) is 10.1. The standard InChI is InChI=1S/C25H30N4O4/c1-3-28-24(31)21-9-4-5-10-22(21)29(25(28)32)17-23(30)26-14-19-7-6-8-20(13-19)16-27-11-12-33-18(2)15-27/h4-10,13,18H,3,11-12,14-17H2,1-2H3,(H,26,30). The summed E-state index contributed by atoms with van der Waals surface area (Å²) in [5, 5.41) is 3.34. The maximum Gasteiger partial charge on any atom is 0.331 e. The molecule has 0 radical (unpaired) electrons. The van der Waals surface area contributed by atoms with E-state index in [1.165, 1.54) is 10.1 Å². The number of nitrogens with one attached hydrogen (secondary N) is 1. The second-order valence-corrected chi connectivity index (χ2v) is 8.45. The van der Waals surface area contributed by atoms with Crippen LogP contribution in [0.1, 0.15) is 25.0 Å². The molecule has 0 spiro atoms. The zero-order valence-corrected chi connectivity index (χ0v) is 19.1. The third kappa shape index (κ3) is 5.23. The van der Waals surface area contributed by atoms with Gasteiger partial charge in [-0.2, -0.15) is 0 Å². The van der Waals surface area contributed by atoms with Crippen molar-refractivity contribution in [3.63, 3.8) is 0 Å². The normalized spacial score (nSPS) is 16.7. The lowest BCUT2D eigenvalue weighted by atomic mass is 10.1. The number of benzene rings is 2. The number of carbonyl (C=O) groups is 1. The van der Waals surface area contributed by atoms with Gasteiger partial charge in [-0.3, -0.25) is 23.6 Å². The molecule has 33 heavy (non-hydrogen) atoms. The number of hydrogen-bond donors (Lipinski definition) is 1. The maximum absolute atomic E-state index is 12.8. The molecule has 174 valence electrons. The summed E-state index contributed by atoms with van der Waals surface area (Å²) in [6.07, 6.45) is 0.239. The van der Waals surface area contributed by atoms with Crippen LogP contribution in [0.2, 0.25) is 0 Å². The van der Waals surface area contributed by atoms with Gasteiger partial charge in [0.05, 0.1) is 23.6 Å². The highest BCUT2D eigenvalue weighted by Crippen LogP contribution is 2.12. The molecule has 1 atom stereocenters. The number of aromatic nitrogens is 2. The van der Waals surface area contributed by atoms with Crippen LogP contribution in [0.25, 0.3) is 10.9 Å². The molecule has 2 heterocycles. The van der Waals surface area contributed by atoms with E-state index < -0.39 is 5.69 Å². The number of para-hydroxylation sites is 1. The number of fused-ring (bicyclic) bond motifs is 1. The van der Waals surface area contributed by atoms with Gasteiger partial charge >= 0.3 is 5.69 Å². The van der Waals surface area contributed by atoms with Crippen molar-refractivity contribution in [3.05, 3.63) is 80.5 Å². The Morgan fingerprint density at radius 2 is 1.88 bits per heavy atom. The van der Waals surface area contributed by atoms with Crippen molar-refractivity contribution >= 4 is 16.8 Å². The van der Waals surface area contributed by atoms with Crippen LogP contribution in [-0.2, 0) is 35.7 Å². The van der Waals surface area contributed by atoms with Gasteiger partial charge in [0.1, 0.15) is 6.54 Å². The average molecular weight is 451 g/mol. The highest BCUT2D eigenvalue weighted by molar-refractivity contribution is 5.81. The lowest BCUT2D eigenvalue weighted by Crippen LogP contribution is -2.42. The van der Waals surface area contributed by atoms with Crippen LogP contribution in [0.5, 0.6) is 0 Å². The highest BCUT2D eigenvalue weighted by atomic mass is 16.5. The SMILES string of the molecule is CCn1c(=O)c2ccccc2n(CC(=O)NCc2cccc(CN3CCOC(C)C3)c2)c1=O. The first-order chi connectivity index (χ1) is 16.0. The van der Waals surface area contributed by atoms with E-state index in [1.807, 2.05) is 12.1 Å². The minimum absolute atomic E-state index is 0.148. The molecule has 1 N–H and O–H groups in total. The van der Waals surface area contributed by atoms with Crippen molar-refractivity contribution in [2.24, 2.45) is 0 Å². The smallest absolute Gasteiger partial charge is 0.331 e. The van der Waals surface area contributed by atoms with E-state index in [9.17, 15) is 14.4 Å².